The molecule has 8 heteroatoms. The molecular formula is C17H18N4O3S. The van der Waals surface area contributed by atoms with Gasteiger partial charge >= 0.3 is 5.82 Å². The van der Waals surface area contributed by atoms with Crippen LogP contribution < -0.4 is 0 Å². The van der Waals surface area contributed by atoms with Gasteiger partial charge in [0.25, 0.3) is 0 Å². The lowest BCUT2D eigenvalue weighted by Gasteiger charge is -2.09. The van der Waals surface area contributed by atoms with Gasteiger partial charge in [0.1, 0.15) is 6.20 Å². The molecule has 0 fully saturated rings. The molecule has 0 saturated carbocycles. The highest BCUT2D eigenvalue weighted by molar-refractivity contribution is 7.09. The number of rotatable bonds is 7. The Balaban J connectivity index is 1.74. The molecule has 3 aromatic heterocycles. The molecule has 0 aliphatic rings. The van der Waals surface area contributed by atoms with Gasteiger partial charge in [0, 0.05) is 28.4 Å². The van der Waals surface area contributed by atoms with Crippen LogP contribution in [0.2, 0.25) is 0 Å². The third-order valence-corrected chi connectivity index (χ3v) is 5.10. The topological polar surface area (TPSA) is 83.0 Å². The fourth-order valence-electron chi connectivity index (χ4n) is 2.88. The van der Waals surface area contributed by atoms with E-state index < -0.39 is 4.92 Å². The van der Waals surface area contributed by atoms with Crippen LogP contribution in [0.15, 0.2) is 36.1 Å². The second-order valence-corrected chi connectivity index (χ2v) is 6.88. The summed E-state index contributed by atoms with van der Waals surface area (Å²) in [4.78, 5) is 27.7. The predicted octanol–water partition coefficient (Wildman–Crippen LogP) is 3.40. The SMILES string of the molecule is Cc1cc(C(=O)Cn2cnc([N+](=O)[O-])c2)c(C)n1CCc1cccs1. The zero-order chi connectivity index (χ0) is 18.0. The largest absolute Gasteiger partial charge is 0.381 e. The molecule has 0 unspecified atom stereocenters. The maximum atomic E-state index is 12.6. The van der Waals surface area contributed by atoms with Gasteiger partial charge < -0.3 is 19.2 Å². The van der Waals surface area contributed by atoms with Crippen molar-refractivity contribution in [3.63, 3.8) is 0 Å². The number of hydrogen-bond acceptors (Lipinski definition) is 5. The van der Waals surface area contributed by atoms with Gasteiger partial charge in [-0.2, -0.15) is 0 Å². The summed E-state index contributed by atoms with van der Waals surface area (Å²) < 4.78 is 3.58. The highest BCUT2D eigenvalue weighted by Gasteiger charge is 2.18. The minimum absolute atomic E-state index is 0.0378. The Hall–Kier alpha value is -2.74. The molecule has 0 radical (unpaired) electrons. The Kier molecular flexibility index (Phi) is 4.80. The third kappa shape index (κ3) is 3.69. The van der Waals surface area contributed by atoms with E-state index >= 15 is 0 Å². The van der Waals surface area contributed by atoms with Crippen LogP contribution in [0, 0.1) is 24.0 Å². The minimum atomic E-state index is -0.572. The number of carbonyl (C=O) groups excluding carboxylic acids is 1. The van der Waals surface area contributed by atoms with E-state index in [0.29, 0.717) is 5.56 Å². The first-order valence-electron chi connectivity index (χ1n) is 7.84. The number of aryl methyl sites for hydroxylation is 2. The van der Waals surface area contributed by atoms with E-state index in [2.05, 4.69) is 21.0 Å². The van der Waals surface area contributed by atoms with Gasteiger partial charge in [-0.15, -0.1) is 11.3 Å². The number of thiophene rings is 1. The molecule has 0 bridgehead atoms. The van der Waals surface area contributed by atoms with Crippen LogP contribution in [0.4, 0.5) is 5.82 Å². The number of hydrogen-bond donors (Lipinski definition) is 0. The molecule has 25 heavy (non-hydrogen) atoms. The van der Waals surface area contributed by atoms with Crippen molar-refractivity contribution >= 4 is 22.9 Å². The molecule has 0 saturated heterocycles. The normalized spacial score (nSPS) is 11.0. The van der Waals surface area contributed by atoms with Crippen molar-refractivity contribution in [2.75, 3.05) is 0 Å². The fraction of sp³-hybridized carbons (Fsp3) is 0.294. The number of ketones is 1. The quantitative estimate of drug-likeness (QED) is 0.368. The molecule has 3 heterocycles. The Morgan fingerprint density at radius 2 is 2.20 bits per heavy atom. The number of nitro groups is 1. The van der Waals surface area contributed by atoms with E-state index in [1.165, 1.54) is 22.0 Å². The van der Waals surface area contributed by atoms with E-state index in [4.69, 9.17) is 0 Å². The van der Waals surface area contributed by atoms with Crippen LogP contribution in [0.25, 0.3) is 0 Å². The van der Waals surface area contributed by atoms with Crippen molar-refractivity contribution < 1.29 is 9.72 Å². The fourth-order valence-corrected chi connectivity index (χ4v) is 3.58. The van der Waals surface area contributed by atoms with Crippen LogP contribution in [0.3, 0.4) is 0 Å². The molecule has 0 aliphatic heterocycles. The van der Waals surface area contributed by atoms with Gasteiger partial charge in [-0.3, -0.25) is 4.79 Å². The van der Waals surface area contributed by atoms with Crippen LogP contribution in [-0.4, -0.2) is 24.8 Å². The average Bonchev–Trinajstić information content (AvgIpc) is 3.28. The highest BCUT2D eigenvalue weighted by atomic mass is 32.1. The summed E-state index contributed by atoms with van der Waals surface area (Å²) in [5.41, 5.74) is 2.61. The van der Waals surface area contributed by atoms with E-state index in [9.17, 15) is 14.9 Å². The van der Waals surface area contributed by atoms with Gasteiger partial charge in [0.15, 0.2) is 5.78 Å². The first kappa shape index (κ1) is 17.1. The number of Topliss-reactive ketones (excluding diaryl/α,β-unsaturated/α-hetero) is 1. The maximum Gasteiger partial charge on any atom is 0.381 e. The van der Waals surface area contributed by atoms with Crippen molar-refractivity contribution in [3.05, 3.63) is 68.0 Å². The zero-order valence-electron chi connectivity index (χ0n) is 14.0. The molecule has 7 nitrogen and oxygen atoms in total. The second-order valence-electron chi connectivity index (χ2n) is 5.85. The van der Waals surface area contributed by atoms with Gasteiger partial charge in [0.2, 0.25) is 6.33 Å². The molecule has 3 rings (SSSR count). The van der Waals surface area contributed by atoms with E-state index in [1.54, 1.807) is 11.3 Å². The molecule has 3 aromatic rings. The van der Waals surface area contributed by atoms with Crippen LogP contribution in [0.5, 0.6) is 0 Å². The summed E-state index contributed by atoms with van der Waals surface area (Å²) in [5, 5.41) is 12.7. The number of imidazole rings is 1. The molecule has 130 valence electrons. The monoisotopic (exact) mass is 358 g/mol. The summed E-state index contributed by atoms with van der Waals surface area (Å²) in [6.45, 7) is 4.78. The average molecular weight is 358 g/mol. The lowest BCUT2D eigenvalue weighted by atomic mass is 10.1. The first-order chi connectivity index (χ1) is 12.0. The molecule has 0 N–H and O–H groups in total. The van der Waals surface area contributed by atoms with Gasteiger partial charge in [-0.25, -0.2) is 0 Å². The van der Waals surface area contributed by atoms with Crippen molar-refractivity contribution in [2.45, 2.75) is 33.4 Å². The molecule has 0 aliphatic carbocycles. The summed E-state index contributed by atoms with van der Waals surface area (Å²) in [5.74, 6) is -0.336. The molecular weight excluding hydrogens is 340 g/mol. The Labute approximate surface area is 148 Å². The maximum absolute atomic E-state index is 12.6. The lowest BCUT2D eigenvalue weighted by Crippen LogP contribution is -2.11. The smallest absolute Gasteiger partial charge is 0.358 e. The standard InChI is InChI=1S/C17H18N4O3S/c1-12-8-15(13(2)20(12)6-5-14-4-3-7-25-14)16(22)9-19-10-17(18-11-19)21(23)24/h3-4,7-8,10-11H,5-6,9H2,1-2H3. The van der Waals surface area contributed by atoms with Crippen LogP contribution in [-0.2, 0) is 19.5 Å². The minimum Gasteiger partial charge on any atom is -0.358 e. The number of carbonyl (C=O) groups is 1. The molecule has 0 spiro atoms. The Morgan fingerprint density at radius 3 is 2.84 bits per heavy atom. The highest BCUT2D eigenvalue weighted by Crippen LogP contribution is 2.19. The van der Waals surface area contributed by atoms with Crippen molar-refractivity contribution in [2.24, 2.45) is 0 Å². The Bertz CT molecular complexity index is 909. The summed E-state index contributed by atoms with van der Waals surface area (Å²) in [7, 11) is 0. The summed E-state index contributed by atoms with van der Waals surface area (Å²) in [6.07, 6.45) is 3.51. The van der Waals surface area contributed by atoms with E-state index in [-0.39, 0.29) is 18.1 Å². The van der Waals surface area contributed by atoms with Gasteiger partial charge in [-0.05, 0) is 47.7 Å². The van der Waals surface area contributed by atoms with Crippen molar-refractivity contribution in [3.8, 4) is 0 Å². The van der Waals surface area contributed by atoms with E-state index in [1.807, 2.05) is 26.0 Å². The van der Waals surface area contributed by atoms with E-state index in [0.717, 1.165) is 24.4 Å². The number of nitrogens with zero attached hydrogens (tertiary/aromatic N) is 4. The molecule has 0 aromatic carbocycles. The lowest BCUT2D eigenvalue weighted by molar-refractivity contribution is -0.389. The predicted molar refractivity (Wildman–Crippen MR) is 95.1 cm³/mol. The zero-order valence-corrected chi connectivity index (χ0v) is 14.8. The molecule has 0 atom stereocenters. The van der Waals surface area contributed by atoms with Crippen molar-refractivity contribution in [1.82, 2.24) is 14.1 Å². The van der Waals surface area contributed by atoms with Crippen LogP contribution in [0.1, 0.15) is 26.6 Å². The van der Waals surface area contributed by atoms with Gasteiger partial charge in [0.05, 0.1) is 6.54 Å². The van der Waals surface area contributed by atoms with Gasteiger partial charge in [-0.1, -0.05) is 6.07 Å². The summed E-state index contributed by atoms with van der Waals surface area (Å²) in [6, 6.07) is 6.03. The van der Waals surface area contributed by atoms with Crippen LogP contribution >= 0.6 is 11.3 Å². The molecule has 0 amide bonds. The first-order valence-corrected chi connectivity index (χ1v) is 8.72. The Morgan fingerprint density at radius 1 is 1.40 bits per heavy atom. The second kappa shape index (κ2) is 7.02. The number of aromatic nitrogens is 3. The van der Waals surface area contributed by atoms with Crippen molar-refractivity contribution in [1.29, 1.82) is 0 Å². The summed E-state index contributed by atoms with van der Waals surface area (Å²) >= 11 is 1.73. The third-order valence-electron chi connectivity index (χ3n) is 4.17.